The van der Waals surface area contributed by atoms with Gasteiger partial charge in [0.05, 0.1) is 23.8 Å². The molecule has 3 aromatic rings. The number of aromatic nitrogens is 2. The normalized spacial score (nSPS) is 13.7. The lowest BCUT2D eigenvalue weighted by Gasteiger charge is -2.40. The summed E-state index contributed by atoms with van der Waals surface area (Å²) in [5.41, 5.74) is 6.02. The molecular formula is C44H62F2N6O6. The van der Waals surface area contributed by atoms with Crippen molar-refractivity contribution >= 4 is 29.3 Å². The summed E-state index contributed by atoms with van der Waals surface area (Å²) >= 11 is 0. The molecule has 0 bridgehead atoms. The van der Waals surface area contributed by atoms with Crippen molar-refractivity contribution in [2.75, 3.05) is 19.7 Å². The molecule has 318 valence electrons. The van der Waals surface area contributed by atoms with Gasteiger partial charge in [-0.2, -0.15) is 0 Å². The van der Waals surface area contributed by atoms with Crippen molar-refractivity contribution in [1.82, 2.24) is 25.1 Å². The molecule has 0 saturated heterocycles. The molecule has 12 nitrogen and oxygen atoms in total. The molecule has 4 atom stereocenters. The third-order valence-corrected chi connectivity index (χ3v) is 10.2. The molecule has 14 heteroatoms. The van der Waals surface area contributed by atoms with Gasteiger partial charge in [-0.3, -0.25) is 24.0 Å². The Labute approximate surface area is 341 Å². The fourth-order valence-corrected chi connectivity index (χ4v) is 7.10. The van der Waals surface area contributed by atoms with Gasteiger partial charge < -0.3 is 30.9 Å². The fourth-order valence-electron chi connectivity index (χ4n) is 7.10. The number of aliphatic hydroxyl groups is 1. The van der Waals surface area contributed by atoms with E-state index in [2.05, 4.69) is 10.6 Å². The molecule has 0 aliphatic carbocycles. The Hall–Kier alpha value is -4.82. The minimum Gasteiger partial charge on any atom is -0.387 e. The number of hydrogen-bond acceptors (Lipinski definition) is 8. The predicted octanol–water partition coefficient (Wildman–Crippen LogP) is 5.89. The van der Waals surface area contributed by atoms with Gasteiger partial charge in [-0.1, -0.05) is 65.0 Å². The number of aliphatic hydroxyl groups excluding tert-OH is 1. The van der Waals surface area contributed by atoms with Crippen LogP contribution in [0.15, 0.2) is 54.7 Å². The largest absolute Gasteiger partial charge is 0.387 e. The highest BCUT2D eigenvalue weighted by molar-refractivity contribution is 5.94. The third-order valence-electron chi connectivity index (χ3n) is 10.2. The van der Waals surface area contributed by atoms with Gasteiger partial charge in [0, 0.05) is 50.5 Å². The number of carbonyl (C=O) groups is 5. The lowest BCUT2D eigenvalue weighted by molar-refractivity contribution is -0.139. The van der Waals surface area contributed by atoms with E-state index in [9.17, 15) is 33.5 Å². The number of ketones is 2. The van der Waals surface area contributed by atoms with E-state index in [0.717, 1.165) is 23.8 Å². The summed E-state index contributed by atoms with van der Waals surface area (Å²) in [6, 6.07) is 10.4. The van der Waals surface area contributed by atoms with Crippen LogP contribution in [0.3, 0.4) is 0 Å². The minimum absolute atomic E-state index is 0.0284. The Morgan fingerprint density at radius 3 is 2.22 bits per heavy atom. The number of unbranched alkanes of at least 4 members (excludes halogenated alkanes) is 2. The number of benzene rings is 2. The summed E-state index contributed by atoms with van der Waals surface area (Å²) in [6.45, 7) is 12.5. The number of hydrogen-bond donors (Lipinski definition) is 4. The number of nitrogens with two attached hydrogens (primary N) is 1. The van der Waals surface area contributed by atoms with Gasteiger partial charge in [0.1, 0.15) is 24.1 Å². The van der Waals surface area contributed by atoms with Crippen molar-refractivity contribution in [3.63, 3.8) is 0 Å². The second kappa shape index (κ2) is 22.4. The van der Waals surface area contributed by atoms with Crippen molar-refractivity contribution < 1.29 is 37.9 Å². The first-order valence-corrected chi connectivity index (χ1v) is 20.2. The Kier molecular flexibility index (Phi) is 18.3. The SMILES string of the molecule is CC(=O)N[C@@H](CCCCN)C(=O)C[C@H](C(=O)N[C@@H](C)C(=O)CCCCN(C(=O)CO)[C@@H](c1nc(-c2cc(F)ccc2F)cn1Cc1ccccc1)C(C)(C)C)C(C)C. The molecule has 1 heterocycles. The van der Waals surface area contributed by atoms with E-state index < -0.39 is 59.5 Å². The van der Waals surface area contributed by atoms with Crippen LogP contribution in [0.4, 0.5) is 8.78 Å². The Morgan fingerprint density at radius 1 is 0.931 bits per heavy atom. The van der Waals surface area contributed by atoms with Gasteiger partial charge in [-0.05, 0) is 80.7 Å². The molecule has 0 aliphatic rings. The zero-order chi connectivity index (χ0) is 43.2. The van der Waals surface area contributed by atoms with Crippen LogP contribution in [0.2, 0.25) is 0 Å². The number of Topliss-reactive ketones (excluding diaryl/α,β-unsaturated/α-hetero) is 2. The third kappa shape index (κ3) is 13.9. The number of rotatable bonds is 23. The van der Waals surface area contributed by atoms with Crippen LogP contribution in [-0.4, -0.2) is 80.6 Å². The lowest BCUT2D eigenvalue weighted by Crippen LogP contribution is -2.46. The lowest BCUT2D eigenvalue weighted by atomic mass is 9.84. The number of carbonyl (C=O) groups excluding carboxylic acids is 5. The molecule has 3 rings (SSSR count). The summed E-state index contributed by atoms with van der Waals surface area (Å²) in [5, 5.41) is 15.6. The van der Waals surface area contributed by atoms with Gasteiger partial charge >= 0.3 is 0 Å². The average molecular weight is 809 g/mol. The first-order valence-electron chi connectivity index (χ1n) is 20.2. The van der Waals surface area contributed by atoms with Crippen molar-refractivity contribution in [3.8, 4) is 11.3 Å². The smallest absolute Gasteiger partial charge is 0.248 e. The van der Waals surface area contributed by atoms with Crippen molar-refractivity contribution in [1.29, 1.82) is 0 Å². The van der Waals surface area contributed by atoms with Crippen LogP contribution in [0.1, 0.15) is 111 Å². The molecular weight excluding hydrogens is 747 g/mol. The first-order chi connectivity index (χ1) is 27.4. The highest BCUT2D eigenvalue weighted by Gasteiger charge is 2.38. The van der Waals surface area contributed by atoms with Gasteiger partial charge in [-0.25, -0.2) is 13.8 Å². The molecule has 2 aromatic carbocycles. The second-order valence-corrected chi connectivity index (χ2v) is 16.4. The van der Waals surface area contributed by atoms with Gasteiger partial charge in [0.2, 0.25) is 17.7 Å². The summed E-state index contributed by atoms with van der Waals surface area (Å²) in [5.74, 6) is -3.60. The van der Waals surface area contributed by atoms with Crippen molar-refractivity contribution in [2.45, 2.75) is 118 Å². The zero-order valence-electron chi connectivity index (χ0n) is 35.0. The number of amides is 3. The quantitative estimate of drug-likeness (QED) is 0.0858. The molecule has 0 unspecified atom stereocenters. The molecule has 5 N–H and O–H groups in total. The van der Waals surface area contributed by atoms with E-state index in [1.165, 1.54) is 11.8 Å². The Bertz CT molecular complexity index is 1840. The van der Waals surface area contributed by atoms with E-state index in [4.69, 9.17) is 10.7 Å². The maximum Gasteiger partial charge on any atom is 0.248 e. The van der Waals surface area contributed by atoms with Crippen LogP contribution in [0, 0.1) is 28.9 Å². The van der Waals surface area contributed by atoms with E-state index >= 15 is 4.39 Å². The van der Waals surface area contributed by atoms with Gasteiger partial charge in [0.25, 0.3) is 0 Å². The van der Waals surface area contributed by atoms with Crippen molar-refractivity contribution in [3.05, 3.63) is 77.8 Å². The monoisotopic (exact) mass is 808 g/mol. The van der Waals surface area contributed by atoms with Gasteiger partial charge in [-0.15, -0.1) is 0 Å². The number of halogens is 2. The summed E-state index contributed by atoms with van der Waals surface area (Å²) in [4.78, 5) is 71.6. The highest BCUT2D eigenvalue weighted by Crippen LogP contribution is 2.39. The van der Waals surface area contributed by atoms with Crippen LogP contribution in [0.25, 0.3) is 11.3 Å². The molecule has 3 amide bonds. The Balaban J connectivity index is 1.77. The summed E-state index contributed by atoms with van der Waals surface area (Å²) in [7, 11) is 0. The molecule has 0 spiro atoms. The van der Waals surface area contributed by atoms with E-state index in [1.54, 1.807) is 13.1 Å². The molecule has 0 saturated carbocycles. The van der Waals surface area contributed by atoms with Crippen molar-refractivity contribution in [2.24, 2.45) is 23.0 Å². The standard InChI is InChI=1S/C44H62F2N6O6/c1-28(2)33(24-39(56)36(49-30(4)54)17-11-13-21-47)43(58)48-29(3)38(55)18-12-14-22-52(40(57)27-53)41(44(5,6)7)42-50-37(34-23-32(45)19-20-35(34)46)26-51(42)25-31-15-9-8-10-16-31/h8-10,15-16,19-20,23,26,28-29,33,36,41,53H,11-14,17-18,21-22,24-25,27,47H2,1-7H3,(H,48,58)(H,49,54)/t29-,33-,36-,41-/m0/s1. The first kappa shape index (κ1) is 47.6. The Morgan fingerprint density at radius 2 is 1.62 bits per heavy atom. The number of nitrogens with one attached hydrogen (secondary N) is 2. The van der Waals surface area contributed by atoms with Crippen LogP contribution >= 0.6 is 0 Å². The number of nitrogens with zero attached hydrogens (tertiary/aromatic N) is 3. The topological polar surface area (TPSA) is 177 Å². The van der Waals surface area contributed by atoms with Crippen LogP contribution in [0.5, 0.6) is 0 Å². The highest BCUT2D eigenvalue weighted by atomic mass is 19.1. The van der Waals surface area contributed by atoms with Gasteiger partial charge in [0.15, 0.2) is 11.6 Å². The predicted molar refractivity (Wildman–Crippen MR) is 219 cm³/mol. The minimum atomic E-state index is -0.843. The van der Waals surface area contributed by atoms with Crippen LogP contribution in [-0.2, 0) is 30.5 Å². The summed E-state index contributed by atoms with van der Waals surface area (Å²) in [6.07, 6.45) is 4.13. The fraction of sp³-hybridized carbons (Fsp3) is 0.545. The average Bonchev–Trinajstić information content (AvgIpc) is 3.56. The molecule has 58 heavy (non-hydrogen) atoms. The van der Waals surface area contributed by atoms with E-state index in [1.807, 2.05) is 69.5 Å². The molecule has 1 aromatic heterocycles. The van der Waals surface area contributed by atoms with E-state index in [-0.39, 0.29) is 54.0 Å². The van der Waals surface area contributed by atoms with Crippen LogP contribution < -0.4 is 16.4 Å². The molecule has 0 radical (unpaired) electrons. The molecule has 0 aliphatic heterocycles. The maximum absolute atomic E-state index is 15.0. The summed E-state index contributed by atoms with van der Waals surface area (Å²) < 4.78 is 31.2. The maximum atomic E-state index is 15.0. The molecule has 0 fully saturated rings. The van der Waals surface area contributed by atoms with E-state index in [0.29, 0.717) is 51.0 Å². The second-order valence-electron chi connectivity index (χ2n) is 16.4. The zero-order valence-corrected chi connectivity index (χ0v) is 35.0. The number of imidazole rings is 1.